The molecule has 1 amide bonds. The quantitative estimate of drug-likeness (QED) is 0.908. The highest BCUT2D eigenvalue weighted by molar-refractivity contribution is 5.78. The Morgan fingerprint density at radius 2 is 2.04 bits per heavy atom. The Morgan fingerprint density at radius 1 is 1.33 bits per heavy atom. The molecule has 2 aliphatic rings. The van der Waals surface area contributed by atoms with Crippen LogP contribution in [0.15, 0.2) is 24.3 Å². The topological polar surface area (TPSA) is 59.0 Å². The van der Waals surface area contributed by atoms with Crippen molar-refractivity contribution in [2.24, 2.45) is 13.0 Å². The Morgan fingerprint density at radius 3 is 2.75 bits per heavy atom. The van der Waals surface area contributed by atoms with Crippen LogP contribution in [0.3, 0.4) is 0 Å². The monoisotopic (exact) mass is 326 g/mol. The van der Waals surface area contributed by atoms with Crippen molar-refractivity contribution in [2.45, 2.75) is 57.2 Å². The summed E-state index contributed by atoms with van der Waals surface area (Å²) in [7, 11) is 2.01. The van der Waals surface area contributed by atoms with E-state index < -0.39 is 0 Å². The lowest BCUT2D eigenvalue weighted by atomic mass is 9.89. The first kappa shape index (κ1) is 15.6. The van der Waals surface area contributed by atoms with E-state index >= 15 is 0 Å². The minimum absolute atomic E-state index is 0.0756. The van der Waals surface area contributed by atoms with Gasteiger partial charge in [-0.25, -0.2) is 4.98 Å². The van der Waals surface area contributed by atoms with E-state index in [2.05, 4.69) is 26.3 Å². The standard InChI is InChI=1S/C19H26N4O/c1-12(19-22-16-5-3-4-6-17(16)23(19)2)20-18(24)11-13-9-14-7-8-15(10-13)21-14/h3-6,12-15,21H,7-11H2,1-2H3,(H,20,24). The van der Waals surface area contributed by atoms with Gasteiger partial charge in [-0.1, -0.05) is 12.1 Å². The molecule has 1 aromatic carbocycles. The van der Waals surface area contributed by atoms with E-state index in [0.717, 1.165) is 29.7 Å². The zero-order valence-corrected chi connectivity index (χ0v) is 14.5. The number of aromatic nitrogens is 2. The number of para-hydroxylation sites is 2. The van der Waals surface area contributed by atoms with Gasteiger partial charge in [0, 0.05) is 25.6 Å². The van der Waals surface area contributed by atoms with Crippen LogP contribution in [0.25, 0.3) is 11.0 Å². The van der Waals surface area contributed by atoms with Crippen molar-refractivity contribution in [1.82, 2.24) is 20.2 Å². The van der Waals surface area contributed by atoms with E-state index in [0.29, 0.717) is 24.4 Å². The third-order valence-electron chi connectivity index (χ3n) is 5.63. The van der Waals surface area contributed by atoms with Gasteiger partial charge in [-0.05, 0) is 50.7 Å². The van der Waals surface area contributed by atoms with Crippen molar-refractivity contribution in [3.05, 3.63) is 30.1 Å². The number of benzene rings is 1. The molecule has 4 rings (SSSR count). The van der Waals surface area contributed by atoms with E-state index in [1.54, 1.807) is 0 Å². The molecule has 5 nitrogen and oxygen atoms in total. The predicted octanol–water partition coefficient (Wildman–Crippen LogP) is 2.67. The second-order valence-electron chi connectivity index (χ2n) is 7.49. The summed E-state index contributed by atoms with van der Waals surface area (Å²) in [5.41, 5.74) is 2.08. The minimum Gasteiger partial charge on any atom is -0.346 e. The van der Waals surface area contributed by atoms with Crippen LogP contribution in [-0.2, 0) is 11.8 Å². The molecule has 2 saturated heterocycles. The number of rotatable bonds is 4. The maximum atomic E-state index is 12.5. The summed E-state index contributed by atoms with van der Waals surface area (Å²) in [6, 6.07) is 9.28. The SMILES string of the molecule is CC(NC(=O)CC1CC2CCC(C1)N2)c1nc2ccccc2n1C. The average Bonchev–Trinajstić information content (AvgIpc) is 3.07. The van der Waals surface area contributed by atoms with Crippen LogP contribution in [0.2, 0.25) is 0 Å². The highest BCUT2D eigenvalue weighted by atomic mass is 16.1. The van der Waals surface area contributed by atoms with Gasteiger partial charge in [0.15, 0.2) is 0 Å². The average molecular weight is 326 g/mol. The molecule has 2 bridgehead atoms. The van der Waals surface area contributed by atoms with Gasteiger partial charge in [-0.3, -0.25) is 4.79 Å². The van der Waals surface area contributed by atoms with Crippen molar-refractivity contribution in [2.75, 3.05) is 0 Å². The van der Waals surface area contributed by atoms with Crippen molar-refractivity contribution < 1.29 is 4.79 Å². The Hall–Kier alpha value is -1.88. The highest BCUT2D eigenvalue weighted by Gasteiger charge is 2.34. The fourth-order valence-electron chi connectivity index (χ4n) is 4.52. The Labute approximate surface area is 142 Å². The van der Waals surface area contributed by atoms with E-state index in [1.165, 1.54) is 12.8 Å². The minimum atomic E-state index is -0.0756. The predicted molar refractivity (Wildman–Crippen MR) is 94.6 cm³/mol. The number of nitrogens with one attached hydrogen (secondary N) is 2. The normalized spacial score (nSPS) is 27.3. The van der Waals surface area contributed by atoms with Crippen molar-refractivity contribution in [1.29, 1.82) is 0 Å². The van der Waals surface area contributed by atoms with Gasteiger partial charge in [-0.2, -0.15) is 0 Å². The Bertz CT molecular complexity index is 741. The number of fused-ring (bicyclic) bond motifs is 3. The molecule has 2 N–H and O–H groups in total. The van der Waals surface area contributed by atoms with E-state index in [4.69, 9.17) is 0 Å². The van der Waals surface area contributed by atoms with Crippen molar-refractivity contribution in [3.8, 4) is 0 Å². The summed E-state index contributed by atoms with van der Waals surface area (Å²) in [5, 5.41) is 6.79. The smallest absolute Gasteiger partial charge is 0.220 e. The van der Waals surface area contributed by atoms with Gasteiger partial charge in [0.25, 0.3) is 0 Å². The van der Waals surface area contributed by atoms with E-state index in [1.807, 2.05) is 32.2 Å². The first-order chi connectivity index (χ1) is 11.6. The number of hydrogen-bond donors (Lipinski definition) is 2. The summed E-state index contributed by atoms with van der Waals surface area (Å²) in [4.78, 5) is 17.2. The Balaban J connectivity index is 1.40. The summed E-state index contributed by atoms with van der Waals surface area (Å²) < 4.78 is 2.07. The lowest BCUT2D eigenvalue weighted by Crippen LogP contribution is -2.40. The summed E-state index contributed by atoms with van der Waals surface area (Å²) in [6.45, 7) is 2.02. The van der Waals surface area contributed by atoms with Gasteiger partial charge in [0.05, 0.1) is 17.1 Å². The van der Waals surface area contributed by atoms with Crippen LogP contribution in [0.4, 0.5) is 0 Å². The lowest BCUT2D eigenvalue weighted by molar-refractivity contribution is -0.123. The summed E-state index contributed by atoms with van der Waals surface area (Å²) in [5.74, 6) is 1.59. The van der Waals surface area contributed by atoms with Crippen LogP contribution in [0.5, 0.6) is 0 Å². The van der Waals surface area contributed by atoms with Gasteiger partial charge in [0.2, 0.25) is 5.91 Å². The van der Waals surface area contributed by atoms with Crippen molar-refractivity contribution >= 4 is 16.9 Å². The second-order valence-corrected chi connectivity index (χ2v) is 7.49. The molecule has 2 aliphatic heterocycles. The highest BCUT2D eigenvalue weighted by Crippen LogP contribution is 2.32. The fraction of sp³-hybridized carbons (Fsp3) is 0.579. The molecule has 0 radical (unpaired) electrons. The molecule has 128 valence electrons. The molecule has 0 saturated carbocycles. The maximum absolute atomic E-state index is 12.5. The number of carbonyl (C=O) groups is 1. The molecule has 3 heterocycles. The second kappa shape index (κ2) is 6.20. The molecule has 0 aliphatic carbocycles. The zero-order chi connectivity index (χ0) is 16.7. The lowest BCUT2D eigenvalue weighted by Gasteiger charge is -2.29. The number of nitrogens with zero attached hydrogens (tertiary/aromatic N) is 2. The number of amides is 1. The maximum Gasteiger partial charge on any atom is 0.220 e. The van der Waals surface area contributed by atoms with Crippen LogP contribution >= 0.6 is 0 Å². The van der Waals surface area contributed by atoms with Crippen LogP contribution in [-0.4, -0.2) is 27.5 Å². The molecule has 24 heavy (non-hydrogen) atoms. The molecule has 2 fully saturated rings. The first-order valence-electron chi connectivity index (χ1n) is 9.07. The molecular formula is C19H26N4O. The van der Waals surface area contributed by atoms with Crippen LogP contribution in [0.1, 0.15) is 50.9 Å². The molecule has 0 spiro atoms. The zero-order valence-electron chi connectivity index (χ0n) is 14.5. The fourth-order valence-corrected chi connectivity index (χ4v) is 4.52. The van der Waals surface area contributed by atoms with E-state index in [-0.39, 0.29) is 11.9 Å². The van der Waals surface area contributed by atoms with E-state index in [9.17, 15) is 4.79 Å². The number of piperidine rings is 1. The van der Waals surface area contributed by atoms with Gasteiger partial charge in [0.1, 0.15) is 5.82 Å². The first-order valence-corrected chi connectivity index (χ1v) is 9.07. The molecule has 5 heteroatoms. The third kappa shape index (κ3) is 2.93. The van der Waals surface area contributed by atoms with Gasteiger partial charge in [-0.15, -0.1) is 0 Å². The van der Waals surface area contributed by atoms with Crippen LogP contribution in [0, 0.1) is 5.92 Å². The number of carbonyl (C=O) groups excluding carboxylic acids is 1. The summed E-state index contributed by atoms with van der Waals surface area (Å²) >= 11 is 0. The molecule has 1 aromatic heterocycles. The number of aryl methyl sites for hydroxylation is 1. The third-order valence-corrected chi connectivity index (χ3v) is 5.63. The number of hydrogen-bond acceptors (Lipinski definition) is 3. The largest absolute Gasteiger partial charge is 0.346 e. The molecule has 3 unspecified atom stereocenters. The Kier molecular flexibility index (Phi) is 4.04. The molecule has 3 atom stereocenters. The van der Waals surface area contributed by atoms with Gasteiger partial charge >= 0.3 is 0 Å². The molecule has 2 aromatic rings. The van der Waals surface area contributed by atoms with Gasteiger partial charge < -0.3 is 15.2 Å². The summed E-state index contributed by atoms with van der Waals surface area (Å²) in [6.07, 6.45) is 5.48. The number of imidazole rings is 1. The van der Waals surface area contributed by atoms with Crippen molar-refractivity contribution in [3.63, 3.8) is 0 Å². The van der Waals surface area contributed by atoms with Crippen LogP contribution < -0.4 is 10.6 Å². The molecular weight excluding hydrogens is 300 g/mol.